The first-order valence-corrected chi connectivity index (χ1v) is 8.76. The zero-order chi connectivity index (χ0) is 15.5. The molecule has 5 nitrogen and oxygen atoms in total. The van der Waals surface area contributed by atoms with E-state index < -0.39 is 16.0 Å². The molecule has 2 rings (SSSR count). The van der Waals surface area contributed by atoms with Gasteiger partial charge >= 0.3 is 5.97 Å². The van der Waals surface area contributed by atoms with Crippen LogP contribution in [0.5, 0.6) is 0 Å². The van der Waals surface area contributed by atoms with E-state index in [9.17, 15) is 13.2 Å². The number of carbonyl (C=O) groups is 1. The molecular formula is C15H21NO4S. The van der Waals surface area contributed by atoms with Crippen LogP contribution < -0.4 is 0 Å². The summed E-state index contributed by atoms with van der Waals surface area (Å²) in [7, 11) is -3.39. The van der Waals surface area contributed by atoms with Gasteiger partial charge in [-0.05, 0) is 31.7 Å². The van der Waals surface area contributed by atoms with Crippen LogP contribution in [0.4, 0.5) is 0 Å². The van der Waals surface area contributed by atoms with Crippen LogP contribution in [0.1, 0.15) is 36.8 Å². The highest BCUT2D eigenvalue weighted by Crippen LogP contribution is 2.31. The normalized spacial score (nSPS) is 15.3. The van der Waals surface area contributed by atoms with Gasteiger partial charge < -0.3 is 5.11 Å². The maximum atomic E-state index is 12.4. The van der Waals surface area contributed by atoms with Crippen molar-refractivity contribution in [2.24, 2.45) is 0 Å². The summed E-state index contributed by atoms with van der Waals surface area (Å²) >= 11 is 0. The van der Waals surface area contributed by atoms with Gasteiger partial charge in [0.15, 0.2) is 0 Å². The third-order valence-corrected chi connectivity index (χ3v) is 5.51. The number of rotatable bonds is 8. The molecule has 0 bridgehead atoms. The van der Waals surface area contributed by atoms with Crippen LogP contribution in [-0.2, 0) is 21.4 Å². The number of benzene rings is 1. The van der Waals surface area contributed by atoms with Gasteiger partial charge in [-0.15, -0.1) is 0 Å². The van der Waals surface area contributed by atoms with Crippen molar-refractivity contribution in [1.29, 1.82) is 0 Å². The monoisotopic (exact) mass is 311 g/mol. The van der Waals surface area contributed by atoms with E-state index in [0.29, 0.717) is 6.54 Å². The molecule has 116 valence electrons. The molecular weight excluding hydrogens is 290 g/mol. The molecule has 21 heavy (non-hydrogen) atoms. The molecule has 1 saturated carbocycles. The Morgan fingerprint density at radius 1 is 1.29 bits per heavy atom. The summed E-state index contributed by atoms with van der Waals surface area (Å²) in [6, 6.07) is 7.91. The number of carboxylic acid groups (broad SMARTS) is 1. The second kappa shape index (κ2) is 6.58. The van der Waals surface area contributed by atoms with E-state index in [0.717, 1.165) is 24.0 Å². The summed E-state index contributed by atoms with van der Waals surface area (Å²) in [5, 5.41) is 8.62. The van der Waals surface area contributed by atoms with Crippen molar-refractivity contribution < 1.29 is 18.3 Å². The van der Waals surface area contributed by atoms with E-state index in [-0.39, 0.29) is 24.6 Å². The quantitative estimate of drug-likeness (QED) is 0.798. The largest absolute Gasteiger partial charge is 0.481 e. The van der Waals surface area contributed by atoms with Gasteiger partial charge in [0.2, 0.25) is 10.0 Å². The van der Waals surface area contributed by atoms with Crippen molar-refractivity contribution in [2.75, 3.05) is 5.75 Å². The predicted molar refractivity (Wildman–Crippen MR) is 80.4 cm³/mol. The summed E-state index contributed by atoms with van der Waals surface area (Å²) < 4.78 is 26.3. The maximum Gasteiger partial charge on any atom is 0.303 e. The van der Waals surface area contributed by atoms with Gasteiger partial charge in [-0.25, -0.2) is 8.42 Å². The number of aryl methyl sites for hydroxylation is 1. The average Bonchev–Trinajstić information content (AvgIpc) is 3.21. The molecule has 1 aliphatic rings. The molecule has 0 aliphatic heterocycles. The van der Waals surface area contributed by atoms with Crippen molar-refractivity contribution in [3.05, 3.63) is 35.4 Å². The van der Waals surface area contributed by atoms with Crippen LogP contribution in [0.15, 0.2) is 24.3 Å². The van der Waals surface area contributed by atoms with Gasteiger partial charge in [0.25, 0.3) is 0 Å². The van der Waals surface area contributed by atoms with Crippen molar-refractivity contribution in [3.63, 3.8) is 0 Å². The SMILES string of the molecule is Cc1ccc(CN(C2CC2)S(=O)(=O)CCCC(=O)O)cc1. The van der Waals surface area contributed by atoms with Gasteiger partial charge in [-0.3, -0.25) is 4.79 Å². The first kappa shape index (κ1) is 16.0. The zero-order valence-corrected chi connectivity index (χ0v) is 13.0. The lowest BCUT2D eigenvalue weighted by Gasteiger charge is -2.22. The van der Waals surface area contributed by atoms with Crippen LogP contribution in [0, 0.1) is 6.92 Å². The molecule has 0 unspecified atom stereocenters. The standard InChI is InChI=1S/C15H21NO4S/c1-12-4-6-13(7-5-12)11-16(14-8-9-14)21(19,20)10-2-3-15(17)18/h4-7,14H,2-3,8-11H2,1H3,(H,17,18). The first-order chi connectivity index (χ1) is 9.88. The summed E-state index contributed by atoms with van der Waals surface area (Å²) in [4.78, 5) is 10.5. The summed E-state index contributed by atoms with van der Waals surface area (Å²) in [5.41, 5.74) is 2.11. The van der Waals surface area contributed by atoms with Crippen molar-refractivity contribution >= 4 is 16.0 Å². The summed E-state index contributed by atoms with van der Waals surface area (Å²) in [5.74, 6) is -1.05. The second-order valence-electron chi connectivity index (χ2n) is 5.58. The lowest BCUT2D eigenvalue weighted by atomic mass is 10.1. The fraction of sp³-hybridized carbons (Fsp3) is 0.533. The smallest absolute Gasteiger partial charge is 0.303 e. The molecule has 0 saturated heterocycles. The molecule has 0 atom stereocenters. The number of hydrogen-bond donors (Lipinski definition) is 1. The third-order valence-electron chi connectivity index (χ3n) is 3.56. The van der Waals surface area contributed by atoms with Crippen molar-refractivity contribution in [2.45, 2.75) is 45.2 Å². The number of hydrogen-bond acceptors (Lipinski definition) is 3. The number of sulfonamides is 1. The number of aliphatic carboxylic acids is 1. The van der Waals surface area contributed by atoms with Crippen LogP contribution in [0.2, 0.25) is 0 Å². The first-order valence-electron chi connectivity index (χ1n) is 7.15. The minimum absolute atomic E-state index is 0.0844. The van der Waals surface area contributed by atoms with E-state index in [1.54, 1.807) is 4.31 Å². The Morgan fingerprint density at radius 2 is 1.90 bits per heavy atom. The molecule has 1 fully saturated rings. The molecule has 0 radical (unpaired) electrons. The lowest BCUT2D eigenvalue weighted by Crippen LogP contribution is -2.34. The molecule has 0 aromatic heterocycles. The minimum atomic E-state index is -3.39. The van der Waals surface area contributed by atoms with Crippen molar-refractivity contribution in [3.8, 4) is 0 Å². The van der Waals surface area contributed by atoms with Crippen LogP contribution in [0.3, 0.4) is 0 Å². The van der Waals surface area contributed by atoms with Gasteiger partial charge in [0, 0.05) is 19.0 Å². The van der Waals surface area contributed by atoms with E-state index in [4.69, 9.17) is 5.11 Å². The Bertz CT molecular complexity index is 591. The van der Waals surface area contributed by atoms with E-state index in [1.165, 1.54) is 0 Å². The Morgan fingerprint density at radius 3 is 2.43 bits per heavy atom. The Hall–Kier alpha value is -1.40. The lowest BCUT2D eigenvalue weighted by molar-refractivity contribution is -0.137. The topological polar surface area (TPSA) is 74.7 Å². The Kier molecular flexibility index (Phi) is 5.00. The molecule has 0 heterocycles. The van der Waals surface area contributed by atoms with E-state index >= 15 is 0 Å². The third kappa shape index (κ3) is 4.82. The summed E-state index contributed by atoms with van der Waals surface area (Å²) in [6.07, 6.45) is 1.84. The highest BCUT2D eigenvalue weighted by molar-refractivity contribution is 7.89. The highest BCUT2D eigenvalue weighted by atomic mass is 32.2. The number of nitrogens with zero attached hydrogens (tertiary/aromatic N) is 1. The fourth-order valence-corrected chi connectivity index (χ4v) is 3.97. The van der Waals surface area contributed by atoms with Gasteiger partial charge in [0.05, 0.1) is 5.75 Å². The van der Waals surface area contributed by atoms with Crippen LogP contribution in [0.25, 0.3) is 0 Å². The van der Waals surface area contributed by atoms with E-state index in [1.807, 2.05) is 31.2 Å². The van der Waals surface area contributed by atoms with E-state index in [2.05, 4.69) is 0 Å². The maximum absolute atomic E-state index is 12.4. The molecule has 0 spiro atoms. The van der Waals surface area contributed by atoms with Gasteiger partial charge in [-0.2, -0.15) is 4.31 Å². The second-order valence-corrected chi connectivity index (χ2v) is 7.62. The average molecular weight is 311 g/mol. The minimum Gasteiger partial charge on any atom is -0.481 e. The van der Waals surface area contributed by atoms with Gasteiger partial charge in [-0.1, -0.05) is 29.8 Å². The Balaban J connectivity index is 2.04. The molecule has 1 aromatic carbocycles. The molecule has 1 aliphatic carbocycles. The van der Waals surface area contributed by atoms with Gasteiger partial charge in [0.1, 0.15) is 0 Å². The van der Waals surface area contributed by atoms with Crippen LogP contribution >= 0.6 is 0 Å². The summed E-state index contributed by atoms with van der Waals surface area (Å²) in [6.45, 7) is 2.37. The number of carboxylic acids is 1. The molecule has 1 aromatic rings. The zero-order valence-electron chi connectivity index (χ0n) is 12.2. The van der Waals surface area contributed by atoms with Crippen molar-refractivity contribution in [1.82, 2.24) is 4.31 Å². The molecule has 1 N–H and O–H groups in total. The fourth-order valence-electron chi connectivity index (χ4n) is 2.21. The van der Waals surface area contributed by atoms with Crippen LogP contribution in [-0.4, -0.2) is 35.6 Å². The Labute approximate surface area is 125 Å². The predicted octanol–water partition coefficient (Wildman–Crippen LogP) is 2.15. The highest BCUT2D eigenvalue weighted by Gasteiger charge is 2.36. The molecule has 6 heteroatoms. The molecule has 0 amide bonds.